The Balaban J connectivity index is 1.09. The van der Waals surface area contributed by atoms with E-state index in [4.69, 9.17) is 4.42 Å². The van der Waals surface area contributed by atoms with Crippen molar-refractivity contribution in [2.24, 2.45) is 0 Å². The van der Waals surface area contributed by atoms with Crippen molar-refractivity contribution in [2.75, 3.05) is 0 Å². The van der Waals surface area contributed by atoms with Crippen LogP contribution >= 0.6 is 0 Å². The molecular formula is C49H32O. The van der Waals surface area contributed by atoms with Gasteiger partial charge in [0.15, 0.2) is 0 Å². The standard InChI is InChI=1S/C49H32O/c1-2-10-31(11-3-1)47(37-22-20-34-26-36-21-17-30-9-4-7-14-40(30)48(36)43(34)28-37)38-23-24-45-44(29-38)49-41(15-8-16-46(49)50-45)35-19-18-33-25-32-12-5-6-13-39(32)42(33)27-35/h1-24,27-29,47H,25-26H2. The van der Waals surface area contributed by atoms with E-state index >= 15 is 0 Å². The molecule has 0 radical (unpaired) electrons. The first-order valence-corrected chi connectivity index (χ1v) is 17.6. The van der Waals surface area contributed by atoms with E-state index in [9.17, 15) is 0 Å². The van der Waals surface area contributed by atoms with Gasteiger partial charge in [-0.15, -0.1) is 0 Å². The normalized spacial score (nSPS) is 13.4. The molecule has 0 amide bonds. The van der Waals surface area contributed by atoms with Crippen molar-refractivity contribution in [1.29, 1.82) is 0 Å². The summed E-state index contributed by atoms with van der Waals surface area (Å²) in [4.78, 5) is 0. The fourth-order valence-electron chi connectivity index (χ4n) is 8.93. The van der Waals surface area contributed by atoms with Crippen molar-refractivity contribution in [3.8, 4) is 33.4 Å². The molecule has 50 heavy (non-hydrogen) atoms. The number of fused-ring (bicyclic) bond motifs is 11. The molecule has 1 heterocycles. The first-order chi connectivity index (χ1) is 24.8. The van der Waals surface area contributed by atoms with E-state index < -0.39 is 0 Å². The highest BCUT2D eigenvalue weighted by Gasteiger charge is 2.26. The third-order valence-electron chi connectivity index (χ3n) is 11.2. The van der Waals surface area contributed by atoms with Gasteiger partial charge in [0.1, 0.15) is 11.2 Å². The van der Waals surface area contributed by atoms with Crippen LogP contribution in [0.15, 0.2) is 168 Å². The third kappa shape index (κ3) is 4.13. The van der Waals surface area contributed by atoms with Gasteiger partial charge < -0.3 is 4.42 Å². The minimum Gasteiger partial charge on any atom is -0.456 e. The summed E-state index contributed by atoms with van der Waals surface area (Å²) < 4.78 is 6.55. The Morgan fingerprint density at radius 3 is 2.08 bits per heavy atom. The minimum atomic E-state index is 0.0681. The van der Waals surface area contributed by atoms with Crippen molar-refractivity contribution in [1.82, 2.24) is 0 Å². The molecule has 9 aromatic rings. The van der Waals surface area contributed by atoms with Crippen molar-refractivity contribution in [3.63, 3.8) is 0 Å². The molecule has 8 aromatic carbocycles. The molecule has 0 saturated carbocycles. The van der Waals surface area contributed by atoms with Crippen LogP contribution in [0.5, 0.6) is 0 Å². The maximum atomic E-state index is 6.55. The molecule has 1 unspecified atom stereocenters. The number of hydrogen-bond acceptors (Lipinski definition) is 1. The van der Waals surface area contributed by atoms with Crippen LogP contribution in [-0.4, -0.2) is 0 Å². The molecule has 0 saturated heterocycles. The van der Waals surface area contributed by atoms with Gasteiger partial charge in [0.05, 0.1) is 0 Å². The molecule has 1 nitrogen and oxygen atoms in total. The number of benzene rings is 8. The van der Waals surface area contributed by atoms with Crippen LogP contribution in [0.25, 0.3) is 66.1 Å². The Kier molecular flexibility index (Phi) is 5.91. The Labute approximate surface area is 291 Å². The van der Waals surface area contributed by atoms with Crippen molar-refractivity contribution < 1.29 is 4.42 Å². The van der Waals surface area contributed by atoms with Crippen LogP contribution in [0.2, 0.25) is 0 Å². The fraction of sp³-hybridized carbons (Fsp3) is 0.0612. The van der Waals surface area contributed by atoms with Gasteiger partial charge in [-0.3, -0.25) is 0 Å². The Morgan fingerprint density at radius 1 is 0.400 bits per heavy atom. The van der Waals surface area contributed by atoms with E-state index in [1.54, 1.807) is 0 Å². The summed E-state index contributed by atoms with van der Waals surface area (Å²) in [5.41, 5.74) is 19.2. The molecule has 234 valence electrons. The van der Waals surface area contributed by atoms with Gasteiger partial charge in [0, 0.05) is 16.7 Å². The second-order valence-corrected chi connectivity index (χ2v) is 14.0. The van der Waals surface area contributed by atoms with Crippen LogP contribution in [-0.2, 0) is 12.8 Å². The highest BCUT2D eigenvalue weighted by Crippen LogP contribution is 2.46. The van der Waals surface area contributed by atoms with Crippen LogP contribution in [0.1, 0.15) is 44.9 Å². The lowest BCUT2D eigenvalue weighted by Gasteiger charge is -2.20. The largest absolute Gasteiger partial charge is 0.456 e. The predicted molar refractivity (Wildman–Crippen MR) is 207 cm³/mol. The summed E-state index contributed by atoms with van der Waals surface area (Å²) in [5.74, 6) is 0.0681. The lowest BCUT2D eigenvalue weighted by molar-refractivity contribution is 0.669. The molecule has 1 atom stereocenters. The molecule has 1 heteroatoms. The topological polar surface area (TPSA) is 13.1 Å². The fourth-order valence-corrected chi connectivity index (χ4v) is 8.93. The van der Waals surface area contributed by atoms with E-state index in [-0.39, 0.29) is 5.92 Å². The zero-order valence-electron chi connectivity index (χ0n) is 27.5. The zero-order valence-corrected chi connectivity index (χ0v) is 27.5. The summed E-state index contributed by atoms with van der Waals surface area (Å²) in [5, 5.41) is 4.97. The maximum Gasteiger partial charge on any atom is 0.136 e. The summed E-state index contributed by atoms with van der Waals surface area (Å²) in [6, 6.07) is 60.7. The molecule has 2 aliphatic carbocycles. The van der Waals surface area contributed by atoms with E-state index in [0.29, 0.717) is 0 Å². The second-order valence-electron chi connectivity index (χ2n) is 14.0. The summed E-state index contributed by atoms with van der Waals surface area (Å²) in [6.07, 6.45) is 1.98. The molecular weight excluding hydrogens is 605 g/mol. The van der Waals surface area contributed by atoms with Crippen molar-refractivity contribution >= 4 is 32.7 Å². The first-order valence-electron chi connectivity index (χ1n) is 17.6. The van der Waals surface area contributed by atoms with Gasteiger partial charge in [-0.2, -0.15) is 0 Å². The Bertz CT molecular complexity index is 2820. The SMILES string of the molecule is c1ccc(C(c2ccc3c(c2)-c2c(ccc4ccccc24)C3)c2ccc3oc4cccc(-c5ccc6c(c5)-c5ccccc5C6)c4c3c2)cc1. The lowest BCUT2D eigenvalue weighted by atomic mass is 9.83. The van der Waals surface area contributed by atoms with E-state index in [2.05, 4.69) is 164 Å². The van der Waals surface area contributed by atoms with Gasteiger partial charge in [0.25, 0.3) is 0 Å². The smallest absolute Gasteiger partial charge is 0.136 e. The molecule has 0 N–H and O–H groups in total. The molecule has 0 bridgehead atoms. The van der Waals surface area contributed by atoms with E-state index in [1.165, 1.54) is 88.5 Å². The van der Waals surface area contributed by atoms with Crippen LogP contribution < -0.4 is 0 Å². The lowest BCUT2D eigenvalue weighted by Crippen LogP contribution is -2.04. The number of hydrogen-bond donors (Lipinski definition) is 0. The average molecular weight is 637 g/mol. The van der Waals surface area contributed by atoms with Gasteiger partial charge >= 0.3 is 0 Å². The molecule has 0 aliphatic heterocycles. The quantitative estimate of drug-likeness (QED) is 0.175. The van der Waals surface area contributed by atoms with Crippen molar-refractivity contribution in [2.45, 2.75) is 18.8 Å². The van der Waals surface area contributed by atoms with Crippen LogP contribution in [0.4, 0.5) is 0 Å². The highest BCUT2D eigenvalue weighted by molar-refractivity contribution is 6.13. The molecule has 1 aromatic heterocycles. The Morgan fingerprint density at radius 2 is 1.12 bits per heavy atom. The molecule has 11 rings (SSSR count). The second kappa shape index (κ2) is 10.7. The van der Waals surface area contributed by atoms with E-state index in [1.807, 2.05) is 0 Å². The monoisotopic (exact) mass is 636 g/mol. The molecule has 0 spiro atoms. The van der Waals surface area contributed by atoms with Crippen LogP contribution in [0.3, 0.4) is 0 Å². The Hall–Kier alpha value is -6.18. The number of furan rings is 1. The highest BCUT2D eigenvalue weighted by atomic mass is 16.3. The average Bonchev–Trinajstić information content (AvgIpc) is 3.86. The first kappa shape index (κ1) is 27.7. The molecule has 0 fully saturated rings. The summed E-state index contributed by atoms with van der Waals surface area (Å²) >= 11 is 0. The predicted octanol–water partition coefficient (Wildman–Crippen LogP) is 12.7. The maximum absolute atomic E-state index is 6.55. The summed E-state index contributed by atoms with van der Waals surface area (Å²) in [7, 11) is 0. The molecule has 2 aliphatic rings. The third-order valence-corrected chi connectivity index (χ3v) is 11.2. The van der Waals surface area contributed by atoms with Gasteiger partial charge in [0.2, 0.25) is 0 Å². The van der Waals surface area contributed by atoms with Gasteiger partial charge in [-0.05, 0) is 126 Å². The minimum absolute atomic E-state index is 0.0681. The van der Waals surface area contributed by atoms with Crippen LogP contribution in [0, 0.1) is 0 Å². The van der Waals surface area contributed by atoms with Gasteiger partial charge in [-0.1, -0.05) is 133 Å². The van der Waals surface area contributed by atoms with E-state index in [0.717, 1.165) is 29.4 Å². The van der Waals surface area contributed by atoms with Gasteiger partial charge in [-0.25, -0.2) is 0 Å². The summed E-state index contributed by atoms with van der Waals surface area (Å²) in [6.45, 7) is 0. The number of rotatable bonds is 4. The van der Waals surface area contributed by atoms with Crippen molar-refractivity contribution in [3.05, 3.63) is 203 Å². The zero-order chi connectivity index (χ0) is 32.8.